The Balaban J connectivity index is 2.17. The molecule has 24 heavy (non-hydrogen) atoms. The Labute approximate surface area is 140 Å². The summed E-state index contributed by atoms with van der Waals surface area (Å²) < 4.78 is 11.2. The topological polar surface area (TPSA) is 93.9 Å². The zero-order chi connectivity index (χ0) is 17.7. The summed E-state index contributed by atoms with van der Waals surface area (Å²) in [5.41, 5.74) is 0.115. The van der Waals surface area contributed by atoms with Gasteiger partial charge < -0.3 is 14.8 Å². The highest BCUT2D eigenvalue weighted by Gasteiger charge is 2.18. The van der Waals surface area contributed by atoms with Gasteiger partial charge in [-0.05, 0) is 19.9 Å². The Morgan fingerprint density at radius 2 is 2.25 bits per heavy atom. The summed E-state index contributed by atoms with van der Waals surface area (Å²) in [7, 11) is 0. The first-order valence-corrected chi connectivity index (χ1v) is 7.65. The van der Waals surface area contributed by atoms with Gasteiger partial charge in [-0.15, -0.1) is 0 Å². The molecule has 2 rings (SSSR count). The summed E-state index contributed by atoms with van der Waals surface area (Å²) in [6.07, 6.45) is 1.47. The van der Waals surface area contributed by atoms with Crippen LogP contribution in [0.4, 0.5) is 11.4 Å². The van der Waals surface area contributed by atoms with Crippen LogP contribution in [0.1, 0.15) is 20.8 Å². The van der Waals surface area contributed by atoms with E-state index in [0.29, 0.717) is 30.7 Å². The summed E-state index contributed by atoms with van der Waals surface area (Å²) in [5, 5.41) is 13.4. The molecule has 1 aliphatic rings. The molecule has 0 aliphatic carbocycles. The Hall–Kier alpha value is -2.61. The second-order valence-corrected chi connectivity index (χ2v) is 5.73. The van der Waals surface area contributed by atoms with E-state index >= 15 is 0 Å². The number of amides is 1. The molecule has 0 spiro atoms. The van der Waals surface area contributed by atoms with Crippen LogP contribution in [-0.4, -0.2) is 41.5 Å². The van der Waals surface area contributed by atoms with Crippen LogP contribution >= 0.6 is 0 Å². The van der Waals surface area contributed by atoms with Crippen LogP contribution in [0.2, 0.25) is 0 Å². The monoisotopic (exact) mass is 335 g/mol. The Bertz CT molecular complexity index is 657. The van der Waals surface area contributed by atoms with Crippen molar-refractivity contribution in [2.24, 2.45) is 0 Å². The van der Waals surface area contributed by atoms with Crippen LogP contribution in [0.3, 0.4) is 0 Å². The molecule has 8 nitrogen and oxygen atoms in total. The number of rotatable bonds is 5. The number of nitrogens with one attached hydrogen (secondary N) is 1. The molecule has 130 valence electrons. The van der Waals surface area contributed by atoms with Crippen LogP contribution in [0, 0.1) is 10.1 Å². The maximum Gasteiger partial charge on any atom is 0.271 e. The number of hydrogen-bond acceptors (Lipinski definition) is 6. The fourth-order valence-corrected chi connectivity index (χ4v) is 2.28. The van der Waals surface area contributed by atoms with E-state index in [0.717, 1.165) is 6.54 Å². The molecule has 0 saturated carbocycles. The van der Waals surface area contributed by atoms with Gasteiger partial charge in [-0.1, -0.05) is 0 Å². The van der Waals surface area contributed by atoms with Crippen molar-refractivity contribution in [2.75, 3.05) is 25.0 Å². The summed E-state index contributed by atoms with van der Waals surface area (Å²) >= 11 is 0. The standard InChI is InChI=1S/C16H21N3O5/c1-11(2)18-6-7-23-14(9-18)10-24-16-5-4-13(19(21)22)8-15(16)17-12(3)20/h4-5,8,10-11H,6-7,9H2,1-3H3,(H,17,20). The largest absolute Gasteiger partial charge is 0.492 e. The summed E-state index contributed by atoms with van der Waals surface area (Å²) in [4.78, 5) is 23.9. The van der Waals surface area contributed by atoms with E-state index in [9.17, 15) is 14.9 Å². The Kier molecular flexibility index (Phi) is 5.75. The van der Waals surface area contributed by atoms with Crippen molar-refractivity contribution >= 4 is 17.3 Å². The fourth-order valence-electron chi connectivity index (χ4n) is 2.28. The average Bonchev–Trinajstić information content (AvgIpc) is 2.53. The van der Waals surface area contributed by atoms with Crippen LogP contribution in [0.15, 0.2) is 30.2 Å². The zero-order valence-electron chi connectivity index (χ0n) is 13.9. The molecule has 1 heterocycles. The minimum atomic E-state index is -0.529. The second kappa shape index (κ2) is 7.78. The molecule has 1 saturated heterocycles. The Morgan fingerprint density at radius 3 is 2.88 bits per heavy atom. The number of ether oxygens (including phenoxy) is 2. The number of nitro groups is 1. The first-order valence-electron chi connectivity index (χ1n) is 7.65. The predicted octanol–water partition coefficient (Wildman–Crippen LogP) is 2.51. The lowest BCUT2D eigenvalue weighted by molar-refractivity contribution is -0.384. The van der Waals surface area contributed by atoms with Gasteiger partial charge in [-0.3, -0.25) is 19.8 Å². The number of carbonyl (C=O) groups is 1. The van der Waals surface area contributed by atoms with Gasteiger partial charge in [-0.25, -0.2) is 0 Å². The number of nitro benzene ring substituents is 1. The Morgan fingerprint density at radius 1 is 1.50 bits per heavy atom. The number of morpholine rings is 1. The van der Waals surface area contributed by atoms with Crippen molar-refractivity contribution in [3.05, 3.63) is 40.3 Å². The number of benzene rings is 1. The van der Waals surface area contributed by atoms with E-state index in [2.05, 4.69) is 24.1 Å². The molecular weight excluding hydrogens is 314 g/mol. The maximum atomic E-state index is 11.3. The average molecular weight is 335 g/mol. The van der Waals surface area contributed by atoms with Crippen LogP contribution in [-0.2, 0) is 9.53 Å². The van der Waals surface area contributed by atoms with Gasteiger partial charge >= 0.3 is 0 Å². The molecule has 1 aromatic rings. The fraction of sp³-hybridized carbons (Fsp3) is 0.438. The zero-order valence-corrected chi connectivity index (χ0v) is 13.9. The first kappa shape index (κ1) is 17.7. The van der Waals surface area contributed by atoms with Gasteiger partial charge in [0.15, 0.2) is 5.75 Å². The highest BCUT2D eigenvalue weighted by atomic mass is 16.6. The molecule has 1 fully saturated rings. The quantitative estimate of drug-likeness (QED) is 0.505. The lowest BCUT2D eigenvalue weighted by Crippen LogP contribution is -2.39. The molecule has 0 bridgehead atoms. The van der Waals surface area contributed by atoms with Gasteiger partial charge in [0.05, 0.1) is 17.2 Å². The summed E-state index contributed by atoms with van der Waals surface area (Å²) in [6.45, 7) is 7.59. The van der Waals surface area contributed by atoms with Gasteiger partial charge in [-0.2, -0.15) is 0 Å². The van der Waals surface area contributed by atoms with Crippen molar-refractivity contribution < 1.29 is 19.2 Å². The lowest BCUT2D eigenvalue weighted by Gasteiger charge is -2.31. The molecule has 0 unspecified atom stereocenters. The third-order valence-electron chi connectivity index (χ3n) is 3.56. The van der Waals surface area contributed by atoms with Crippen LogP contribution < -0.4 is 10.1 Å². The van der Waals surface area contributed by atoms with Crippen LogP contribution in [0.5, 0.6) is 5.75 Å². The number of nitrogens with zero attached hydrogens (tertiary/aromatic N) is 2. The normalized spacial score (nSPS) is 16.8. The van der Waals surface area contributed by atoms with Crippen molar-refractivity contribution in [3.8, 4) is 5.75 Å². The smallest absolute Gasteiger partial charge is 0.271 e. The molecule has 8 heteroatoms. The van der Waals surface area contributed by atoms with E-state index in [1.54, 1.807) is 0 Å². The molecule has 0 radical (unpaired) electrons. The van der Waals surface area contributed by atoms with Gasteiger partial charge in [0.1, 0.15) is 18.6 Å². The van der Waals surface area contributed by atoms with Crippen molar-refractivity contribution in [3.63, 3.8) is 0 Å². The minimum Gasteiger partial charge on any atom is -0.492 e. The van der Waals surface area contributed by atoms with Crippen molar-refractivity contribution in [1.29, 1.82) is 0 Å². The highest BCUT2D eigenvalue weighted by Crippen LogP contribution is 2.29. The number of carbonyl (C=O) groups excluding carboxylic acids is 1. The SMILES string of the molecule is CC(=O)Nc1cc([N+](=O)[O-])ccc1OC=C1CN(C(C)C)CCO1. The number of non-ortho nitro benzene ring substituents is 1. The van der Waals surface area contributed by atoms with Crippen LogP contribution in [0.25, 0.3) is 0 Å². The van der Waals surface area contributed by atoms with E-state index in [1.165, 1.54) is 31.4 Å². The number of anilines is 1. The molecule has 0 aromatic heterocycles. The van der Waals surface area contributed by atoms with Crippen molar-refractivity contribution in [1.82, 2.24) is 4.90 Å². The lowest BCUT2D eigenvalue weighted by atomic mass is 10.2. The van der Waals surface area contributed by atoms with E-state index in [1.807, 2.05) is 0 Å². The minimum absolute atomic E-state index is 0.126. The van der Waals surface area contributed by atoms with E-state index in [-0.39, 0.29) is 17.3 Å². The third-order valence-corrected chi connectivity index (χ3v) is 3.56. The van der Waals surface area contributed by atoms with Crippen molar-refractivity contribution in [2.45, 2.75) is 26.8 Å². The predicted molar refractivity (Wildman–Crippen MR) is 88.8 cm³/mol. The molecule has 1 amide bonds. The van der Waals surface area contributed by atoms with Gasteiger partial charge in [0.2, 0.25) is 5.91 Å². The van der Waals surface area contributed by atoms with Gasteiger partial charge in [0, 0.05) is 31.6 Å². The molecular formula is C16H21N3O5. The molecule has 1 aromatic carbocycles. The van der Waals surface area contributed by atoms with E-state index < -0.39 is 4.92 Å². The molecule has 1 aliphatic heterocycles. The molecule has 1 N–H and O–H groups in total. The number of hydrogen-bond donors (Lipinski definition) is 1. The maximum absolute atomic E-state index is 11.3. The summed E-state index contributed by atoms with van der Waals surface area (Å²) in [6, 6.07) is 4.42. The second-order valence-electron chi connectivity index (χ2n) is 5.73. The molecule has 0 atom stereocenters. The van der Waals surface area contributed by atoms with Gasteiger partial charge in [0.25, 0.3) is 5.69 Å². The van der Waals surface area contributed by atoms with E-state index in [4.69, 9.17) is 9.47 Å². The summed E-state index contributed by atoms with van der Waals surface area (Å²) in [5.74, 6) is 0.642. The first-order chi connectivity index (χ1) is 11.4. The third kappa shape index (κ3) is 4.69. The highest BCUT2D eigenvalue weighted by molar-refractivity contribution is 5.90.